The molecule has 2 aliphatic rings. The van der Waals surface area contributed by atoms with Crippen molar-refractivity contribution in [3.05, 3.63) is 42.5 Å². The summed E-state index contributed by atoms with van der Waals surface area (Å²) >= 11 is 0. The first-order chi connectivity index (χ1) is 12.0. The Kier molecular flexibility index (Phi) is 4.02. The van der Waals surface area contributed by atoms with Gasteiger partial charge in [-0.15, -0.1) is 0 Å². The molecule has 0 unspecified atom stereocenters. The summed E-state index contributed by atoms with van der Waals surface area (Å²) in [4.78, 5) is 14.4. The highest BCUT2D eigenvalue weighted by Gasteiger charge is 2.41. The molecule has 2 saturated heterocycles. The second-order valence-electron chi connectivity index (χ2n) is 6.64. The van der Waals surface area contributed by atoms with E-state index in [1.54, 1.807) is 24.1 Å². The van der Waals surface area contributed by atoms with Crippen LogP contribution in [0.2, 0.25) is 0 Å². The third kappa shape index (κ3) is 2.72. The van der Waals surface area contributed by atoms with E-state index in [1.165, 1.54) is 4.31 Å². The Labute approximate surface area is 147 Å². The Morgan fingerprint density at radius 2 is 1.80 bits per heavy atom. The van der Waals surface area contributed by atoms with Gasteiger partial charge in [-0.3, -0.25) is 4.79 Å². The molecule has 2 aliphatic heterocycles. The van der Waals surface area contributed by atoms with Crippen molar-refractivity contribution in [2.24, 2.45) is 5.92 Å². The Morgan fingerprint density at radius 1 is 1.04 bits per heavy atom. The lowest BCUT2D eigenvalue weighted by Gasteiger charge is -2.29. The van der Waals surface area contributed by atoms with Crippen LogP contribution in [-0.4, -0.2) is 62.9 Å². The zero-order chi connectivity index (χ0) is 17.6. The number of rotatable bonds is 2. The monoisotopic (exact) mass is 360 g/mol. The van der Waals surface area contributed by atoms with Crippen molar-refractivity contribution >= 4 is 26.7 Å². The third-order valence-electron chi connectivity index (χ3n) is 5.08. The number of nitrogens with zero attached hydrogens (tertiary/aromatic N) is 2. The van der Waals surface area contributed by atoms with E-state index < -0.39 is 15.9 Å². The zero-order valence-corrected chi connectivity index (χ0v) is 14.8. The fourth-order valence-electron chi connectivity index (χ4n) is 3.61. The lowest BCUT2D eigenvalue weighted by molar-refractivity contribution is -0.133. The number of likely N-dealkylation sites (N-methyl/N-ethyl adjacent to an activating group) is 1. The van der Waals surface area contributed by atoms with Crippen LogP contribution in [0.4, 0.5) is 0 Å². The van der Waals surface area contributed by atoms with Crippen LogP contribution in [0.1, 0.15) is 0 Å². The van der Waals surface area contributed by atoms with Crippen molar-refractivity contribution in [1.29, 1.82) is 0 Å². The average molecular weight is 360 g/mol. The minimum Gasteiger partial charge on any atom is -0.378 e. The number of fused-ring (bicyclic) bond motifs is 4. The van der Waals surface area contributed by atoms with Gasteiger partial charge >= 0.3 is 0 Å². The zero-order valence-electron chi connectivity index (χ0n) is 14.0. The van der Waals surface area contributed by atoms with Crippen LogP contribution in [0.5, 0.6) is 0 Å². The van der Waals surface area contributed by atoms with Crippen LogP contribution >= 0.6 is 0 Å². The average Bonchev–Trinajstić information content (AvgIpc) is 2.79. The molecule has 0 spiro atoms. The molecule has 6 nitrogen and oxygen atoms in total. The van der Waals surface area contributed by atoms with Crippen LogP contribution in [0.3, 0.4) is 0 Å². The molecular formula is C18H20N2O4S. The van der Waals surface area contributed by atoms with Crippen LogP contribution in [0, 0.1) is 5.92 Å². The van der Waals surface area contributed by atoms with Gasteiger partial charge < -0.3 is 9.64 Å². The lowest BCUT2D eigenvalue weighted by atomic mass is 10.1. The highest BCUT2D eigenvalue weighted by Crippen LogP contribution is 2.29. The van der Waals surface area contributed by atoms with E-state index in [2.05, 4.69) is 0 Å². The Morgan fingerprint density at radius 3 is 2.64 bits per heavy atom. The molecule has 2 aromatic carbocycles. The standard InChI is InChI=1S/C18H20N2O4S/c1-19-15-10-20(9-14(18(19)21)11-24-12-15)25(22,23)17-8-4-6-13-5-2-3-7-16(13)17/h2-8,14-15H,9-12H2,1H3/t14-,15-/m0/s1. The molecule has 0 aliphatic carbocycles. The van der Waals surface area contributed by atoms with Crippen LogP contribution in [0.25, 0.3) is 10.8 Å². The van der Waals surface area contributed by atoms with E-state index in [0.717, 1.165) is 5.39 Å². The van der Waals surface area contributed by atoms with Crippen molar-refractivity contribution in [2.75, 3.05) is 33.4 Å². The van der Waals surface area contributed by atoms with E-state index in [4.69, 9.17) is 4.74 Å². The molecule has 0 saturated carbocycles. The van der Waals surface area contributed by atoms with Gasteiger partial charge in [-0.25, -0.2) is 8.42 Å². The number of amides is 1. The number of sulfonamides is 1. The largest absolute Gasteiger partial charge is 0.378 e. The van der Waals surface area contributed by atoms with Crippen molar-refractivity contribution in [1.82, 2.24) is 9.21 Å². The smallest absolute Gasteiger partial charge is 0.243 e. The van der Waals surface area contributed by atoms with E-state index in [1.807, 2.05) is 30.3 Å². The molecule has 0 N–H and O–H groups in total. The van der Waals surface area contributed by atoms with Crippen molar-refractivity contribution in [3.63, 3.8) is 0 Å². The first-order valence-electron chi connectivity index (χ1n) is 8.31. The van der Waals surface area contributed by atoms with Gasteiger partial charge in [0, 0.05) is 25.5 Å². The molecule has 2 fully saturated rings. The maximum Gasteiger partial charge on any atom is 0.243 e. The molecule has 132 valence electrons. The fraction of sp³-hybridized carbons (Fsp3) is 0.389. The van der Waals surface area contributed by atoms with Gasteiger partial charge in [-0.2, -0.15) is 4.31 Å². The SMILES string of the molecule is CN1C(=O)[C@@H]2COC[C@@H]1CN(S(=O)(=O)c1cccc3ccccc13)C2. The maximum absolute atomic E-state index is 13.4. The normalized spacial score (nSPS) is 25.2. The summed E-state index contributed by atoms with van der Waals surface area (Å²) in [5, 5.41) is 1.59. The van der Waals surface area contributed by atoms with Gasteiger partial charge in [0.1, 0.15) is 0 Å². The first-order valence-corrected chi connectivity index (χ1v) is 9.75. The van der Waals surface area contributed by atoms with Crippen molar-refractivity contribution in [2.45, 2.75) is 10.9 Å². The quantitative estimate of drug-likeness (QED) is 0.810. The summed E-state index contributed by atoms with van der Waals surface area (Å²) in [6.45, 7) is 1.04. The second kappa shape index (κ2) is 6.09. The summed E-state index contributed by atoms with van der Waals surface area (Å²) in [5.74, 6) is -0.500. The number of ether oxygens (including phenoxy) is 1. The van der Waals surface area contributed by atoms with E-state index >= 15 is 0 Å². The molecule has 1 amide bonds. The molecule has 7 heteroatoms. The molecule has 2 heterocycles. The molecule has 2 atom stereocenters. The summed E-state index contributed by atoms with van der Waals surface area (Å²) in [5.41, 5.74) is 0. The molecular weight excluding hydrogens is 340 g/mol. The molecule has 0 aromatic heterocycles. The topological polar surface area (TPSA) is 66.9 Å². The predicted molar refractivity (Wildman–Crippen MR) is 93.6 cm³/mol. The fourth-order valence-corrected chi connectivity index (χ4v) is 5.35. The summed E-state index contributed by atoms with van der Waals surface area (Å²) < 4.78 is 33.7. The number of benzene rings is 2. The molecule has 0 radical (unpaired) electrons. The van der Waals surface area contributed by atoms with E-state index in [-0.39, 0.29) is 31.6 Å². The van der Waals surface area contributed by atoms with Gasteiger partial charge in [0.15, 0.2) is 0 Å². The number of hydrogen-bond acceptors (Lipinski definition) is 4. The minimum atomic E-state index is -3.70. The van der Waals surface area contributed by atoms with Crippen LogP contribution in [0.15, 0.2) is 47.4 Å². The van der Waals surface area contributed by atoms with E-state index in [0.29, 0.717) is 16.9 Å². The summed E-state index contributed by atoms with van der Waals surface area (Å²) in [6.07, 6.45) is 0. The van der Waals surface area contributed by atoms with Gasteiger partial charge in [-0.1, -0.05) is 36.4 Å². The Balaban J connectivity index is 1.79. The molecule has 4 rings (SSSR count). The van der Waals surface area contributed by atoms with Gasteiger partial charge in [-0.05, 0) is 11.5 Å². The van der Waals surface area contributed by atoms with Crippen LogP contribution < -0.4 is 0 Å². The van der Waals surface area contributed by atoms with Crippen molar-refractivity contribution < 1.29 is 17.9 Å². The summed E-state index contributed by atoms with van der Waals surface area (Å²) in [6, 6.07) is 12.5. The molecule has 2 bridgehead atoms. The number of carbonyl (C=O) groups is 1. The van der Waals surface area contributed by atoms with Gasteiger partial charge in [0.2, 0.25) is 15.9 Å². The van der Waals surface area contributed by atoms with Crippen molar-refractivity contribution in [3.8, 4) is 0 Å². The third-order valence-corrected chi connectivity index (χ3v) is 6.97. The highest BCUT2D eigenvalue weighted by atomic mass is 32.2. The highest BCUT2D eigenvalue weighted by molar-refractivity contribution is 7.89. The summed E-state index contributed by atoms with van der Waals surface area (Å²) in [7, 11) is -1.98. The number of carbonyl (C=O) groups excluding carboxylic acids is 1. The predicted octanol–water partition coefficient (Wildman–Crippen LogP) is 1.32. The first kappa shape index (κ1) is 16.5. The Hall–Kier alpha value is -1.96. The molecule has 2 aromatic rings. The lowest BCUT2D eigenvalue weighted by Crippen LogP contribution is -2.45. The van der Waals surface area contributed by atoms with E-state index in [9.17, 15) is 13.2 Å². The minimum absolute atomic E-state index is 0.0434. The second-order valence-corrected chi connectivity index (χ2v) is 8.54. The number of hydrogen-bond donors (Lipinski definition) is 0. The maximum atomic E-state index is 13.4. The van der Waals surface area contributed by atoms with Gasteiger partial charge in [0.05, 0.1) is 30.1 Å². The Bertz CT molecular complexity index is 922. The van der Waals surface area contributed by atoms with Crippen LogP contribution in [-0.2, 0) is 19.6 Å². The van der Waals surface area contributed by atoms with Gasteiger partial charge in [0.25, 0.3) is 0 Å². The molecule has 25 heavy (non-hydrogen) atoms.